The number of ether oxygens (including phenoxy) is 1. The molecule has 5 heteroatoms. The average molecular weight is 297 g/mol. The first-order valence-electron chi connectivity index (χ1n) is 7.63. The normalized spacial score (nSPS) is 24.3. The molecule has 2 rings (SSSR count). The number of aliphatic hydroxyl groups excluding tert-OH is 2. The largest absolute Gasteiger partial charge is 0.488 e. The second-order valence-corrected chi connectivity index (χ2v) is 5.62. The highest BCUT2D eigenvalue weighted by atomic mass is 19.1. The number of benzene rings is 1. The SMILES string of the molecule is OC(CNC1CCCCCC1O)COc1ccccc1F. The number of rotatable bonds is 6. The Morgan fingerprint density at radius 2 is 2.00 bits per heavy atom. The standard InChI is InChI=1S/C16H24FNO3/c17-13-6-4-5-9-16(13)21-11-12(19)10-18-14-7-2-1-3-8-15(14)20/h4-6,9,12,14-15,18-20H,1-3,7-8,10-11H2. The molecule has 1 fully saturated rings. The van der Waals surface area contributed by atoms with Crippen molar-refractivity contribution in [3.05, 3.63) is 30.1 Å². The third kappa shape index (κ3) is 5.26. The summed E-state index contributed by atoms with van der Waals surface area (Å²) in [5, 5.41) is 23.1. The fraction of sp³-hybridized carbons (Fsp3) is 0.625. The number of hydrogen-bond donors (Lipinski definition) is 3. The molecule has 0 radical (unpaired) electrons. The molecular weight excluding hydrogens is 273 g/mol. The van der Waals surface area contributed by atoms with Gasteiger partial charge in [0.05, 0.1) is 6.10 Å². The first kappa shape index (κ1) is 16.2. The molecule has 0 heterocycles. The van der Waals surface area contributed by atoms with Gasteiger partial charge < -0.3 is 20.3 Å². The fourth-order valence-corrected chi connectivity index (χ4v) is 2.62. The lowest BCUT2D eigenvalue weighted by molar-refractivity contribution is 0.0809. The number of hydrogen-bond acceptors (Lipinski definition) is 4. The minimum Gasteiger partial charge on any atom is -0.488 e. The summed E-state index contributed by atoms with van der Waals surface area (Å²) in [5.41, 5.74) is 0. The fourth-order valence-electron chi connectivity index (χ4n) is 2.62. The number of para-hydroxylation sites is 1. The van der Waals surface area contributed by atoms with Crippen molar-refractivity contribution in [2.45, 2.75) is 50.4 Å². The summed E-state index contributed by atoms with van der Waals surface area (Å²) in [5.74, 6) is -0.289. The van der Waals surface area contributed by atoms with Crippen molar-refractivity contribution >= 4 is 0 Å². The van der Waals surface area contributed by atoms with E-state index in [1.54, 1.807) is 12.1 Å². The zero-order valence-corrected chi connectivity index (χ0v) is 12.2. The van der Waals surface area contributed by atoms with Gasteiger partial charge in [-0.15, -0.1) is 0 Å². The van der Waals surface area contributed by atoms with Gasteiger partial charge in [-0.05, 0) is 25.0 Å². The molecule has 0 spiro atoms. The number of nitrogens with one attached hydrogen (secondary N) is 1. The lowest BCUT2D eigenvalue weighted by Gasteiger charge is -2.23. The van der Waals surface area contributed by atoms with Crippen LogP contribution >= 0.6 is 0 Å². The van der Waals surface area contributed by atoms with E-state index in [0.29, 0.717) is 6.54 Å². The molecule has 1 aromatic carbocycles. The van der Waals surface area contributed by atoms with Gasteiger partial charge in [-0.2, -0.15) is 0 Å². The van der Waals surface area contributed by atoms with Gasteiger partial charge in [0.2, 0.25) is 0 Å². The second kappa shape index (κ2) is 8.32. The molecule has 0 amide bonds. The Morgan fingerprint density at radius 1 is 1.24 bits per heavy atom. The Bertz CT molecular complexity index is 430. The topological polar surface area (TPSA) is 61.7 Å². The quantitative estimate of drug-likeness (QED) is 0.701. The Labute approximate surface area is 124 Å². The molecule has 4 nitrogen and oxygen atoms in total. The molecule has 1 saturated carbocycles. The van der Waals surface area contributed by atoms with Gasteiger partial charge in [0.1, 0.15) is 12.7 Å². The summed E-state index contributed by atoms with van der Waals surface area (Å²) in [6.45, 7) is 0.354. The van der Waals surface area contributed by atoms with Crippen LogP contribution in [-0.4, -0.2) is 41.6 Å². The van der Waals surface area contributed by atoms with Gasteiger partial charge in [0.15, 0.2) is 11.6 Å². The van der Waals surface area contributed by atoms with Gasteiger partial charge in [0, 0.05) is 12.6 Å². The van der Waals surface area contributed by atoms with E-state index >= 15 is 0 Å². The summed E-state index contributed by atoms with van der Waals surface area (Å²) in [6.07, 6.45) is 3.93. The third-order valence-electron chi connectivity index (χ3n) is 3.86. The highest BCUT2D eigenvalue weighted by Gasteiger charge is 2.21. The van der Waals surface area contributed by atoms with Gasteiger partial charge in [-0.1, -0.05) is 31.4 Å². The molecule has 3 unspecified atom stereocenters. The Kier molecular flexibility index (Phi) is 6.42. The minimum atomic E-state index is -0.736. The van der Waals surface area contributed by atoms with Crippen LogP contribution in [0, 0.1) is 5.82 Å². The molecule has 1 aliphatic rings. The smallest absolute Gasteiger partial charge is 0.165 e. The molecule has 118 valence electrons. The summed E-state index contributed by atoms with van der Waals surface area (Å²) in [4.78, 5) is 0. The first-order chi connectivity index (χ1) is 10.2. The Hall–Kier alpha value is -1.17. The lowest BCUT2D eigenvalue weighted by Crippen LogP contribution is -2.44. The molecule has 0 aliphatic heterocycles. The maximum absolute atomic E-state index is 13.4. The van der Waals surface area contributed by atoms with Crippen molar-refractivity contribution in [1.29, 1.82) is 0 Å². The summed E-state index contributed by atoms with van der Waals surface area (Å²) >= 11 is 0. The van der Waals surface area contributed by atoms with E-state index in [1.807, 2.05) is 0 Å². The van der Waals surface area contributed by atoms with Crippen molar-refractivity contribution in [3.63, 3.8) is 0 Å². The van der Waals surface area contributed by atoms with Crippen LogP contribution in [0.1, 0.15) is 32.1 Å². The minimum absolute atomic E-state index is 0.0237. The lowest BCUT2D eigenvalue weighted by atomic mass is 10.1. The van der Waals surface area contributed by atoms with E-state index < -0.39 is 11.9 Å². The maximum atomic E-state index is 13.4. The predicted molar refractivity (Wildman–Crippen MR) is 78.8 cm³/mol. The highest BCUT2D eigenvalue weighted by molar-refractivity contribution is 5.23. The monoisotopic (exact) mass is 297 g/mol. The molecule has 21 heavy (non-hydrogen) atoms. The van der Waals surface area contributed by atoms with E-state index in [4.69, 9.17) is 4.74 Å². The van der Waals surface area contributed by atoms with Crippen LogP contribution in [0.4, 0.5) is 4.39 Å². The van der Waals surface area contributed by atoms with Crippen LogP contribution in [0.25, 0.3) is 0 Å². The number of halogens is 1. The van der Waals surface area contributed by atoms with E-state index in [-0.39, 0.29) is 24.5 Å². The van der Waals surface area contributed by atoms with Crippen LogP contribution in [0.3, 0.4) is 0 Å². The molecule has 3 atom stereocenters. The second-order valence-electron chi connectivity index (χ2n) is 5.62. The van der Waals surface area contributed by atoms with Crippen molar-refractivity contribution in [2.75, 3.05) is 13.2 Å². The van der Waals surface area contributed by atoms with E-state index in [2.05, 4.69) is 5.32 Å². The molecule has 0 saturated heterocycles. The molecule has 1 aliphatic carbocycles. The van der Waals surface area contributed by atoms with E-state index in [1.165, 1.54) is 12.1 Å². The molecule has 0 bridgehead atoms. The highest BCUT2D eigenvalue weighted by Crippen LogP contribution is 2.18. The zero-order chi connectivity index (χ0) is 15.1. The molecule has 3 N–H and O–H groups in total. The van der Waals surface area contributed by atoms with Gasteiger partial charge in [0.25, 0.3) is 0 Å². The first-order valence-corrected chi connectivity index (χ1v) is 7.63. The van der Waals surface area contributed by atoms with Gasteiger partial charge in [-0.3, -0.25) is 0 Å². The van der Waals surface area contributed by atoms with Crippen LogP contribution in [0.15, 0.2) is 24.3 Å². The van der Waals surface area contributed by atoms with Crippen molar-refractivity contribution in [1.82, 2.24) is 5.32 Å². The third-order valence-corrected chi connectivity index (χ3v) is 3.86. The molecular formula is C16H24FNO3. The van der Waals surface area contributed by atoms with Gasteiger partial charge >= 0.3 is 0 Å². The Balaban J connectivity index is 1.72. The summed E-state index contributed by atoms with van der Waals surface area (Å²) in [6, 6.07) is 6.15. The molecule has 0 aromatic heterocycles. The Morgan fingerprint density at radius 3 is 2.81 bits per heavy atom. The van der Waals surface area contributed by atoms with Crippen LogP contribution in [-0.2, 0) is 0 Å². The van der Waals surface area contributed by atoms with E-state index in [9.17, 15) is 14.6 Å². The summed E-state index contributed by atoms with van der Waals surface area (Å²) in [7, 11) is 0. The van der Waals surface area contributed by atoms with E-state index in [0.717, 1.165) is 32.1 Å². The number of aliphatic hydroxyl groups is 2. The van der Waals surface area contributed by atoms with Crippen LogP contribution in [0.5, 0.6) is 5.75 Å². The van der Waals surface area contributed by atoms with Crippen molar-refractivity contribution in [3.8, 4) is 5.75 Å². The van der Waals surface area contributed by atoms with Crippen molar-refractivity contribution in [2.24, 2.45) is 0 Å². The average Bonchev–Trinajstić information content (AvgIpc) is 2.69. The maximum Gasteiger partial charge on any atom is 0.165 e. The van der Waals surface area contributed by atoms with Gasteiger partial charge in [-0.25, -0.2) is 4.39 Å². The van der Waals surface area contributed by atoms with Crippen LogP contribution in [0.2, 0.25) is 0 Å². The van der Waals surface area contributed by atoms with Crippen LogP contribution < -0.4 is 10.1 Å². The van der Waals surface area contributed by atoms with Crippen molar-refractivity contribution < 1.29 is 19.3 Å². The predicted octanol–water partition coefficient (Wildman–Crippen LogP) is 1.85. The summed E-state index contributed by atoms with van der Waals surface area (Å²) < 4.78 is 18.6. The molecule has 1 aromatic rings. The zero-order valence-electron chi connectivity index (χ0n) is 12.2.